The maximum absolute atomic E-state index is 7.75. The molecule has 0 unspecified atom stereocenters. The number of carbonyl (C=O) groups excluding carboxylic acids is 2. The summed E-state index contributed by atoms with van der Waals surface area (Å²) in [5, 5.41) is 7.89. The van der Waals surface area contributed by atoms with Crippen LogP contribution in [0.15, 0.2) is 35.7 Å². The molecular weight excluding hydrogens is 1030 g/mol. The van der Waals surface area contributed by atoms with E-state index in [2.05, 4.69) is 139 Å². The summed E-state index contributed by atoms with van der Waals surface area (Å²) < 4.78 is 0. The molecule has 0 saturated heterocycles. The summed E-state index contributed by atoms with van der Waals surface area (Å²) in [6.07, 6.45) is 21.1. The molecule has 10 heteroatoms. The van der Waals surface area contributed by atoms with Gasteiger partial charge in [0.1, 0.15) is 0 Å². The van der Waals surface area contributed by atoms with Gasteiger partial charge in [-0.2, -0.15) is 24.6 Å². The summed E-state index contributed by atoms with van der Waals surface area (Å²) >= 11 is 0. The van der Waals surface area contributed by atoms with E-state index in [1.807, 2.05) is 12.2 Å². The molecule has 0 aliphatic carbocycles. The third kappa shape index (κ3) is 63.2. The van der Waals surface area contributed by atoms with Crippen molar-refractivity contribution in [2.24, 2.45) is 0 Å². The normalized spacial score (nSPS) is 11.1. The first-order chi connectivity index (χ1) is 22.6. The van der Waals surface area contributed by atoms with Gasteiger partial charge >= 0.3 is 39.0 Å². The van der Waals surface area contributed by atoms with Crippen molar-refractivity contribution < 1.29 is 69.6 Å². The zero-order chi connectivity index (χ0) is 37.9. The van der Waals surface area contributed by atoms with E-state index in [0.29, 0.717) is 0 Å². The van der Waals surface area contributed by atoms with E-state index in [9.17, 15) is 0 Å². The summed E-state index contributed by atoms with van der Waals surface area (Å²) in [5.41, 5.74) is 3.99. The summed E-state index contributed by atoms with van der Waals surface area (Å²) in [4.78, 5) is 17.8. The number of likely N-dealkylation sites (N-methyl/N-ethyl adjacent to an activating group) is 1. The van der Waals surface area contributed by atoms with Crippen molar-refractivity contribution in [2.75, 3.05) is 57.4 Å². The molecule has 1 heterocycles. The molecule has 1 radical (unpaired) electrons. The Morgan fingerprint density at radius 1 is 0.824 bits per heavy atom. The Balaban J connectivity index is -0.0000000522. The predicted octanol–water partition coefficient (Wildman–Crippen LogP) is 10.9. The monoisotopic (exact) mass is 1120 g/mol. The molecule has 1 rings (SSSR count). The number of hydrogen-bond donors (Lipinski definition) is 1. The Hall–Kier alpha value is 0.945. The van der Waals surface area contributed by atoms with E-state index >= 15 is 0 Å². The number of nitrogens with one attached hydrogen (secondary N) is 1. The van der Waals surface area contributed by atoms with Crippen molar-refractivity contribution in [2.45, 2.75) is 133 Å². The van der Waals surface area contributed by atoms with Gasteiger partial charge in [0.15, 0.2) is 0 Å². The predicted molar refractivity (Wildman–Crippen MR) is 238 cm³/mol. The van der Waals surface area contributed by atoms with Crippen LogP contribution in [-0.4, -0.2) is 87.2 Å². The molecule has 5 nitrogen and oxygen atoms in total. The molecule has 0 atom stereocenters. The first-order valence-corrected chi connectivity index (χ1v) is 22.3. The third-order valence-electron chi connectivity index (χ3n) is 7.03. The van der Waals surface area contributed by atoms with E-state index in [1.54, 1.807) is 6.08 Å². The van der Waals surface area contributed by atoms with Gasteiger partial charge in [-0.15, -0.1) is 0 Å². The molecule has 0 amide bonds. The van der Waals surface area contributed by atoms with E-state index in [0.717, 1.165) is 61.7 Å². The molecule has 0 spiro atoms. The van der Waals surface area contributed by atoms with Crippen LogP contribution in [0.25, 0.3) is 5.32 Å². The van der Waals surface area contributed by atoms with Crippen LogP contribution < -0.4 is 5.32 Å². The second-order valence-corrected chi connectivity index (χ2v) is 18.7. The number of rotatable bonds is 17. The van der Waals surface area contributed by atoms with Crippen LogP contribution in [0.1, 0.15) is 122 Å². The fraction of sp³-hybridized carbons (Fsp3) is 0.707. The van der Waals surface area contributed by atoms with Gasteiger partial charge in [0.05, 0.1) is 36.0 Å². The topological polar surface area (TPSA) is 63.5 Å². The Bertz CT molecular complexity index is 647. The molecule has 0 bridgehead atoms. The van der Waals surface area contributed by atoms with Gasteiger partial charge in [-0.25, -0.2) is 13.0 Å². The van der Waals surface area contributed by atoms with Crippen molar-refractivity contribution in [3.8, 4) is 0 Å². The van der Waals surface area contributed by atoms with Crippen LogP contribution in [0, 0.1) is 28.2 Å². The standard InChI is InChI=1S/C12H18N2.C10H24NP.C8H19P.2C4H9.2CHO.CH3.Pt.2Ru.3H/c1-4-11-8-7-9-12(13-11)10-14(5-2)6-3;1-4-8-12(9-5-2)10-7-11-6-3;1-6-9(7(2)3)8(4)5;2*1-3-4-2;2*1-2;;;;;;;/h4,7-9H,1,5-6,10H2,2-3H3;11H,4-10H2,1-3H3;7-8H,6H2,1-5H3;2*1,3-4H2,2H3;2*1H;1H3;;;;;;/q-2;;;5*-1;;+2;+3;;;/p+2. The van der Waals surface area contributed by atoms with E-state index in [4.69, 9.17) is 9.59 Å². The molecule has 0 saturated carbocycles. The van der Waals surface area contributed by atoms with Crippen LogP contribution in [0.4, 0.5) is 0 Å². The van der Waals surface area contributed by atoms with Gasteiger partial charge in [-0.1, -0.05) is 73.5 Å². The van der Waals surface area contributed by atoms with Gasteiger partial charge < -0.3 is 52.1 Å². The fourth-order valence-electron chi connectivity index (χ4n) is 4.38. The Kier molecular flexibility index (Phi) is 104. The first kappa shape index (κ1) is 76.6. The second kappa shape index (κ2) is 68.9. The fourth-order valence-corrected chi connectivity index (χ4v) is 10.0. The van der Waals surface area contributed by atoms with Gasteiger partial charge in [0.2, 0.25) is 0 Å². The van der Waals surface area contributed by atoms with Crippen LogP contribution in [0.3, 0.4) is 0 Å². The molecule has 51 heavy (non-hydrogen) atoms. The van der Waals surface area contributed by atoms with Gasteiger partial charge in [-0.3, -0.25) is 13.6 Å². The first-order valence-electron chi connectivity index (χ1n) is 18.3. The molecular formula is C41H89N3O2P2PtRu2. The van der Waals surface area contributed by atoms with Crippen LogP contribution in [-0.2, 0) is 69.6 Å². The molecule has 1 aliphatic heterocycles. The van der Waals surface area contributed by atoms with Gasteiger partial charge in [0, 0.05) is 50.0 Å². The Morgan fingerprint density at radius 3 is 1.49 bits per heavy atom. The van der Waals surface area contributed by atoms with Crippen LogP contribution in [0.2, 0.25) is 0 Å². The minimum atomic E-state index is -0.0180. The van der Waals surface area contributed by atoms with E-state index in [1.165, 1.54) is 56.9 Å². The van der Waals surface area contributed by atoms with Crippen molar-refractivity contribution in [3.63, 3.8) is 0 Å². The number of allylic oxidation sites excluding steroid dienone is 4. The Labute approximate surface area is 366 Å². The molecule has 316 valence electrons. The van der Waals surface area contributed by atoms with Crippen molar-refractivity contribution in [1.82, 2.24) is 10.2 Å². The zero-order valence-electron chi connectivity index (χ0n) is 35.7. The van der Waals surface area contributed by atoms with E-state index < -0.39 is 0 Å². The van der Waals surface area contributed by atoms with Gasteiger partial charge in [0.25, 0.3) is 0 Å². The number of unbranched alkanes of at least 4 members (excludes halogenated alkanes) is 2. The van der Waals surface area contributed by atoms with Gasteiger partial charge in [-0.05, 0) is 67.1 Å². The molecule has 1 aliphatic rings. The van der Waals surface area contributed by atoms with E-state index in [-0.39, 0.29) is 83.3 Å². The second-order valence-electron chi connectivity index (χ2n) is 11.5. The average molecular weight is 1120 g/mol. The molecule has 1 N–H and O–H groups in total. The quantitative estimate of drug-likeness (QED) is 0.0518. The molecule has 0 aromatic rings. The van der Waals surface area contributed by atoms with Crippen LogP contribution in [0.5, 0.6) is 0 Å². The zero-order valence-corrected chi connectivity index (χ0v) is 43.8. The van der Waals surface area contributed by atoms with Crippen molar-refractivity contribution in [3.05, 3.63) is 69.2 Å². The summed E-state index contributed by atoms with van der Waals surface area (Å²) in [6, 6.07) is 0. The van der Waals surface area contributed by atoms with Crippen molar-refractivity contribution in [1.29, 1.82) is 0 Å². The number of nitrogens with zero attached hydrogens (tertiary/aromatic N) is 2. The third-order valence-corrected chi connectivity index (χ3v) is 14.2. The summed E-state index contributed by atoms with van der Waals surface area (Å²) in [7, 11) is 0.000571. The molecule has 0 aromatic heterocycles. The molecule has 0 fully saturated rings. The maximum atomic E-state index is 7.75. The summed E-state index contributed by atoms with van der Waals surface area (Å²) in [5.74, 6) is 0. The average Bonchev–Trinajstić information content (AvgIpc) is 3.10. The minimum absolute atomic E-state index is 0. The SMILES string of the molecule is CCC[PH+](CCC)CCNCC.CC[PH+](C(C)C)C(C)C.[CH-]=O.[CH-]=O.[CH2-]C=C1C=CC=C(CN(CC)CC)[N-]1.[CH2-]CCC.[CH2-]CCC.[CH3-].[Pt].[RuH+3].[RuH2+2]. The van der Waals surface area contributed by atoms with Crippen LogP contribution >= 0.6 is 15.8 Å². The summed E-state index contributed by atoms with van der Waals surface area (Å²) in [6.45, 7) is 50.0. The van der Waals surface area contributed by atoms with Crippen molar-refractivity contribution >= 4 is 29.4 Å². The Morgan fingerprint density at radius 2 is 1.24 bits per heavy atom. The number of hydrogen-bond acceptors (Lipinski definition) is 4. The molecule has 0 aromatic carbocycles.